The number of benzene rings is 2. The van der Waals surface area contributed by atoms with Crippen LogP contribution in [0.25, 0.3) is 11.0 Å². The number of carbonyl (C=O) groups excluding carboxylic acids is 1. The number of carbonyl (C=O) groups is 1. The van der Waals surface area contributed by atoms with Gasteiger partial charge in [0.15, 0.2) is 0 Å². The quantitative estimate of drug-likeness (QED) is 0.785. The summed E-state index contributed by atoms with van der Waals surface area (Å²) < 4.78 is 5.13. The highest BCUT2D eigenvalue weighted by molar-refractivity contribution is 5.95. The van der Waals surface area contributed by atoms with Gasteiger partial charge in [0.1, 0.15) is 11.4 Å². The molecule has 5 nitrogen and oxygen atoms in total. The number of para-hydroxylation sites is 2. The van der Waals surface area contributed by atoms with Gasteiger partial charge in [0.05, 0.1) is 23.8 Å². The number of hydrogen-bond acceptors (Lipinski definition) is 4. The summed E-state index contributed by atoms with van der Waals surface area (Å²) in [4.78, 5) is 21.2. The normalized spacial score (nSPS) is 10.6. The van der Waals surface area contributed by atoms with Crippen LogP contribution in [-0.2, 0) is 6.42 Å². The molecule has 0 aliphatic heterocycles. The lowest BCUT2D eigenvalue weighted by Gasteiger charge is -2.08. The smallest absolute Gasteiger partial charge is 0.271 e. The Labute approximate surface area is 140 Å². The average Bonchev–Trinajstić information content (AvgIpc) is 2.61. The molecule has 0 saturated heterocycles. The molecule has 0 unspecified atom stereocenters. The molecule has 0 spiro atoms. The highest BCUT2D eigenvalue weighted by Crippen LogP contribution is 2.13. The minimum Gasteiger partial charge on any atom is -0.497 e. The standard InChI is InChI=1S/C19H19N3O2/c1-13-18(22-17-6-4-3-5-16(17)21-13)19(23)20-12-11-14-7-9-15(24-2)10-8-14/h3-10H,11-12H2,1-2H3,(H,20,23). The van der Waals surface area contributed by atoms with Crippen molar-refractivity contribution in [2.24, 2.45) is 0 Å². The van der Waals surface area contributed by atoms with Crippen LogP contribution < -0.4 is 10.1 Å². The lowest BCUT2D eigenvalue weighted by atomic mass is 10.1. The van der Waals surface area contributed by atoms with E-state index in [-0.39, 0.29) is 5.91 Å². The molecular weight excluding hydrogens is 302 g/mol. The summed E-state index contributed by atoms with van der Waals surface area (Å²) in [5.74, 6) is 0.629. The van der Waals surface area contributed by atoms with Crippen molar-refractivity contribution in [1.82, 2.24) is 15.3 Å². The number of hydrogen-bond donors (Lipinski definition) is 1. The lowest BCUT2D eigenvalue weighted by Crippen LogP contribution is -2.27. The number of methoxy groups -OCH3 is 1. The van der Waals surface area contributed by atoms with E-state index in [1.54, 1.807) is 14.0 Å². The number of amides is 1. The fourth-order valence-corrected chi connectivity index (χ4v) is 2.50. The maximum Gasteiger partial charge on any atom is 0.271 e. The summed E-state index contributed by atoms with van der Waals surface area (Å²) in [6.07, 6.45) is 0.746. The van der Waals surface area contributed by atoms with Crippen molar-refractivity contribution in [2.45, 2.75) is 13.3 Å². The van der Waals surface area contributed by atoms with E-state index in [2.05, 4.69) is 15.3 Å². The Morgan fingerprint density at radius 1 is 1.04 bits per heavy atom. The van der Waals surface area contributed by atoms with Crippen molar-refractivity contribution in [3.63, 3.8) is 0 Å². The van der Waals surface area contributed by atoms with Crippen LogP contribution >= 0.6 is 0 Å². The van der Waals surface area contributed by atoms with E-state index in [0.29, 0.717) is 17.9 Å². The van der Waals surface area contributed by atoms with Crippen LogP contribution in [0.5, 0.6) is 5.75 Å². The van der Waals surface area contributed by atoms with E-state index in [9.17, 15) is 4.79 Å². The number of aromatic nitrogens is 2. The summed E-state index contributed by atoms with van der Waals surface area (Å²) in [5, 5.41) is 2.91. The number of fused-ring (bicyclic) bond motifs is 1. The molecule has 2 aromatic carbocycles. The molecule has 122 valence electrons. The van der Waals surface area contributed by atoms with Gasteiger partial charge in [0.2, 0.25) is 0 Å². The van der Waals surface area contributed by atoms with Gasteiger partial charge in [-0.3, -0.25) is 4.79 Å². The summed E-state index contributed by atoms with van der Waals surface area (Å²) >= 11 is 0. The first-order chi connectivity index (χ1) is 11.7. The van der Waals surface area contributed by atoms with E-state index < -0.39 is 0 Å². The Hall–Kier alpha value is -2.95. The zero-order valence-electron chi connectivity index (χ0n) is 13.7. The van der Waals surface area contributed by atoms with Crippen LogP contribution in [0.4, 0.5) is 0 Å². The molecule has 1 heterocycles. The van der Waals surface area contributed by atoms with Crippen LogP contribution in [-0.4, -0.2) is 29.5 Å². The molecular formula is C19H19N3O2. The monoisotopic (exact) mass is 321 g/mol. The van der Waals surface area contributed by atoms with Crippen LogP contribution in [0.2, 0.25) is 0 Å². The van der Waals surface area contributed by atoms with E-state index in [4.69, 9.17) is 4.74 Å². The van der Waals surface area contributed by atoms with E-state index in [0.717, 1.165) is 28.8 Å². The maximum absolute atomic E-state index is 12.4. The second-order valence-electron chi connectivity index (χ2n) is 5.50. The summed E-state index contributed by atoms with van der Waals surface area (Å²) in [6, 6.07) is 15.4. The molecule has 3 rings (SSSR count). The first kappa shape index (κ1) is 15.9. The van der Waals surface area contributed by atoms with Crippen molar-refractivity contribution >= 4 is 16.9 Å². The summed E-state index contributed by atoms with van der Waals surface area (Å²) in [7, 11) is 1.64. The summed E-state index contributed by atoms with van der Waals surface area (Å²) in [6.45, 7) is 2.34. The SMILES string of the molecule is COc1ccc(CCNC(=O)c2nc3ccccc3nc2C)cc1. The molecule has 1 N–H and O–H groups in total. The minimum atomic E-state index is -0.195. The number of aryl methyl sites for hydroxylation is 1. The van der Waals surface area contributed by atoms with Crippen LogP contribution in [0.1, 0.15) is 21.7 Å². The Morgan fingerprint density at radius 3 is 2.38 bits per heavy atom. The summed E-state index contributed by atoms with van der Waals surface area (Å²) in [5.41, 5.74) is 3.67. The lowest BCUT2D eigenvalue weighted by molar-refractivity contribution is 0.0948. The molecule has 5 heteroatoms. The van der Waals surface area contributed by atoms with Crippen molar-refractivity contribution in [1.29, 1.82) is 0 Å². The number of nitrogens with zero attached hydrogens (tertiary/aromatic N) is 2. The molecule has 0 aliphatic carbocycles. The van der Waals surface area contributed by atoms with Gasteiger partial charge in [0, 0.05) is 6.54 Å². The van der Waals surface area contributed by atoms with Gasteiger partial charge >= 0.3 is 0 Å². The van der Waals surface area contributed by atoms with E-state index in [1.165, 1.54) is 0 Å². The maximum atomic E-state index is 12.4. The Morgan fingerprint density at radius 2 is 1.71 bits per heavy atom. The largest absolute Gasteiger partial charge is 0.497 e. The molecule has 0 bridgehead atoms. The molecule has 0 fully saturated rings. The number of ether oxygens (including phenoxy) is 1. The third-order valence-electron chi connectivity index (χ3n) is 3.82. The van der Waals surface area contributed by atoms with Crippen molar-refractivity contribution in [2.75, 3.05) is 13.7 Å². The van der Waals surface area contributed by atoms with Crippen molar-refractivity contribution in [3.8, 4) is 5.75 Å². The molecule has 0 radical (unpaired) electrons. The van der Waals surface area contributed by atoms with Gasteiger partial charge in [-0.25, -0.2) is 9.97 Å². The van der Waals surface area contributed by atoms with Gasteiger partial charge in [-0.1, -0.05) is 24.3 Å². The van der Waals surface area contributed by atoms with Crippen LogP contribution in [0, 0.1) is 6.92 Å². The average molecular weight is 321 g/mol. The van der Waals surface area contributed by atoms with Gasteiger partial charge in [0.25, 0.3) is 5.91 Å². The molecule has 3 aromatic rings. The fourth-order valence-electron chi connectivity index (χ4n) is 2.50. The van der Waals surface area contributed by atoms with Crippen LogP contribution in [0.3, 0.4) is 0 Å². The van der Waals surface area contributed by atoms with E-state index >= 15 is 0 Å². The second kappa shape index (κ2) is 7.08. The Bertz CT molecular complexity index is 860. The highest BCUT2D eigenvalue weighted by atomic mass is 16.5. The minimum absolute atomic E-state index is 0.195. The third-order valence-corrected chi connectivity index (χ3v) is 3.82. The molecule has 24 heavy (non-hydrogen) atoms. The molecule has 1 aromatic heterocycles. The van der Waals surface area contributed by atoms with Gasteiger partial charge < -0.3 is 10.1 Å². The van der Waals surface area contributed by atoms with Gasteiger partial charge in [-0.05, 0) is 43.2 Å². The van der Waals surface area contributed by atoms with Crippen molar-refractivity contribution < 1.29 is 9.53 Å². The third kappa shape index (κ3) is 3.51. The molecule has 0 saturated carbocycles. The molecule has 1 amide bonds. The first-order valence-corrected chi connectivity index (χ1v) is 7.82. The predicted molar refractivity (Wildman–Crippen MR) is 93.3 cm³/mol. The van der Waals surface area contributed by atoms with Gasteiger partial charge in [-0.2, -0.15) is 0 Å². The zero-order chi connectivity index (χ0) is 16.9. The predicted octanol–water partition coefficient (Wildman–Crippen LogP) is 2.92. The number of rotatable bonds is 5. The zero-order valence-corrected chi connectivity index (χ0v) is 13.7. The molecule has 0 aliphatic rings. The topological polar surface area (TPSA) is 64.1 Å². The Balaban J connectivity index is 1.65. The molecule has 0 atom stereocenters. The highest BCUT2D eigenvalue weighted by Gasteiger charge is 2.13. The van der Waals surface area contributed by atoms with Crippen LogP contribution in [0.15, 0.2) is 48.5 Å². The first-order valence-electron chi connectivity index (χ1n) is 7.82. The van der Waals surface area contributed by atoms with Crippen molar-refractivity contribution in [3.05, 3.63) is 65.5 Å². The number of nitrogens with one attached hydrogen (secondary N) is 1. The van der Waals surface area contributed by atoms with Gasteiger partial charge in [-0.15, -0.1) is 0 Å². The van der Waals surface area contributed by atoms with E-state index in [1.807, 2.05) is 48.5 Å². The fraction of sp³-hybridized carbons (Fsp3) is 0.211. The Kier molecular flexibility index (Phi) is 4.70. The second-order valence-corrected chi connectivity index (χ2v) is 5.50.